The summed E-state index contributed by atoms with van der Waals surface area (Å²) in [4.78, 5) is 8.06. The van der Waals surface area contributed by atoms with Gasteiger partial charge in [0, 0.05) is 41.2 Å². The van der Waals surface area contributed by atoms with Crippen LogP contribution in [0.1, 0.15) is 36.3 Å². The van der Waals surface area contributed by atoms with Gasteiger partial charge in [0.1, 0.15) is 10.6 Å². The van der Waals surface area contributed by atoms with Gasteiger partial charge in [-0.2, -0.15) is 0 Å². The Balaban J connectivity index is 1.15. The molecule has 2 aliphatic rings. The summed E-state index contributed by atoms with van der Waals surface area (Å²) in [7, 11) is -2.08. The fourth-order valence-electron chi connectivity index (χ4n) is 6.35. The zero-order valence-electron chi connectivity index (χ0n) is 23.1. The number of hydrogen-bond acceptors (Lipinski definition) is 5. The minimum Gasteiger partial charge on any atom is -0.611 e. The molecule has 3 aromatic carbocycles. The second kappa shape index (κ2) is 11.7. The Hall–Kier alpha value is -2.46. The Morgan fingerprint density at radius 3 is 2.54 bits per heavy atom. The van der Waals surface area contributed by atoms with Gasteiger partial charge in [0.15, 0.2) is 4.90 Å². The van der Waals surface area contributed by atoms with Crippen LogP contribution in [-0.4, -0.2) is 66.1 Å². The molecular formula is C32H34ClN3O3S2. The van der Waals surface area contributed by atoms with Gasteiger partial charge in [-0.1, -0.05) is 60.1 Å². The van der Waals surface area contributed by atoms with Gasteiger partial charge in [-0.05, 0) is 91.9 Å². The summed E-state index contributed by atoms with van der Waals surface area (Å²) in [5.41, 5.74) is 3.12. The lowest BCUT2D eigenvalue weighted by Gasteiger charge is -2.38. The highest BCUT2D eigenvalue weighted by molar-refractivity contribution is 7.91. The first-order valence-electron chi connectivity index (χ1n) is 14.0. The number of benzene rings is 3. The average Bonchev–Trinajstić information content (AvgIpc) is 3.27. The first-order valence-corrected chi connectivity index (χ1v) is 17.2. The van der Waals surface area contributed by atoms with E-state index in [4.69, 9.17) is 11.6 Å². The van der Waals surface area contributed by atoms with Crippen molar-refractivity contribution in [2.75, 3.05) is 39.0 Å². The van der Waals surface area contributed by atoms with Crippen LogP contribution in [0.3, 0.4) is 0 Å². The van der Waals surface area contributed by atoms with Crippen LogP contribution in [0.2, 0.25) is 5.02 Å². The lowest BCUT2D eigenvalue weighted by molar-refractivity contribution is 0.165. The summed E-state index contributed by atoms with van der Waals surface area (Å²) < 4.78 is 41.5. The van der Waals surface area contributed by atoms with Crippen molar-refractivity contribution in [2.45, 2.75) is 40.4 Å². The summed E-state index contributed by atoms with van der Waals surface area (Å²) in [6.45, 7) is 3.09. The molecule has 0 N–H and O–H groups in total. The van der Waals surface area contributed by atoms with E-state index in [9.17, 15) is 13.0 Å². The smallest absolute Gasteiger partial charge is 0.244 e. The highest BCUT2D eigenvalue weighted by atomic mass is 35.5. The number of para-hydroxylation sites is 1. The molecule has 1 saturated heterocycles. The molecule has 4 aromatic rings. The largest absolute Gasteiger partial charge is 0.611 e. The number of sulfonamides is 1. The van der Waals surface area contributed by atoms with Gasteiger partial charge >= 0.3 is 0 Å². The zero-order chi connectivity index (χ0) is 28.6. The van der Waals surface area contributed by atoms with Crippen LogP contribution in [0.15, 0.2) is 94.9 Å². The molecule has 1 aromatic heterocycles. The predicted octanol–water partition coefficient (Wildman–Crippen LogP) is 5.84. The quantitative estimate of drug-likeness (QED) is 0.235. The molecule has 2 atom stereocenters. The second-order valence-corrected chi connectivity index (χ2v) is 15.2. The van der Waals surface area contributed by atoms with E-state index in [1.165, 1.54) is 16.1 Å². The molecule has 2 aliphatic heterocycles. The van der Waals surface area contributed by atoms with E-state index in [0.29, 0.717) is 11.6 Å². The number of likely N-dealkylation sites (tertiary alicyclic amines) is 1. The monoisotopic (exact) mass is 607 g/mol. The maximum absolute atomic E-state index is 13.6. The molecule has 0 radical (unpaired) electrons. The van der Waals surface area contributed by atoms with Gasteiger partial charge in [0.2, 0.25) is 10.0 Å². The Bertz CT molecular complexity index is 1640. The maximum atomic E-state index is 13.6. The number of hydrogen-bond donors (Lipinski definition) is 0. The average molecular weight is 608 g/mol. The third kappa shape index (κ3) is 5.78. The van der Waals surface area contributed by atoms with Gasteiger partial charge in [-0.15, -0.1) is 0 Å². The molecule has 6 rings (SSSR count). The summed E-state index contributed by atoms with van der Waals surface area (Å²) in [6, 6.07) is 25.2. The number of rotatable bonds is 8. The van der Waals surface area contributed by atoms with Gasteiger partial charge in [0.05, 0.1) is 5.52 Å². The SMILES string of the molecule is CN(CC(CCN1CCC2(CC1)C[S+]([O-])c1ccccc12)c1ccc(Cl)cc1)S(=O)(=O)c1cnc2ccccc2c1. The molecule has 214 valence electrons. The molecule has 6 nitrogen and oxygen atoms in total. The van der Waals surface area contributed by atoms with E-state index in [0.717, 1.165) is 66.0 Å². The molecule has 0 amide bonds. The maximum Gasteiger partial charge on any atom is 0.244 e. The molecule has 1 spiro atoms. The normalized spacial score (nSPS) is 19.6. The first kappa shape index (κ1) is 28.6. The van der Waals surface area contributed by atoms with Crippen molar-refractivity contribution in [1.29, 1.82) is 0 Å². The fourth-order valence-corrected chi connectivity index (χ4v) is 9.53. The van der Waals surface area contributed by atoms with Crippen molar-refractivity contribution in [3.8, 4) is 0 Å². The van der Waals surface area contributed by atoms with Crippen molar-refractivity contribution < 1.29 is 13.0 Å². The number of pyridine rings is 1. The van der Waals surface area contributed by atoms with Crippen LogP contribution < -0.4 is 0 Å². The molecule has 3 heterocycles. The highest BCUT2D eigenvalue weighted by Crippen LogP contribution is 2.46. The van der Waals surface area contributed by atoms with Crippen molar-refractivity contribution in [2.24, 2.45) is 0 Å². The van der Waals surface area contributed by atoms with Crippen molar-refractivity contribution >= 4 is 43.7 Å². The number of likely N-dealkylation sites (N-methyl/N-ethyl adjacent to an activating group) is 1. The second-order valence-electron chi connectivity index (χ2n) is 11.3. The van der Waals surface area contributed by atoms with Crippen LogP contribution in [-0.2, 0) is 26.6 Å². The van der Waals surface area contributed by atoms with Crippen molar-refractivity contribution in [3.05, 3.63) is 101 Å². The fraction of sp³-hybridized carbons (Fsp3) is 0.344. The molecule has 2 unspecified atom stereocenters. The molecular weight excluding hydrogens is 574 g/mol. The minimum absolute atomic E-state index is 0.00365. The summed E-state index contributed by atoms with van der Waals surface area (Å²) in [5, 5.41) is 1.46. The lowest BCUT2D eigenvalue weighted by Crippen LogP contribution is -2.44. The van der Waals surface area contributed by atoms with E-state index in [-0.39, 0.29) is 16.2 Å². The predicted molar refractivity (Wildman–Crippen MR) is 165 cm³/mol. The van der Waals surface area contributed by atoms with Crippen LogP contribution in [0.5, 0.6) is 0 Å². The van der Waals surface area contributed by atoms with Gasteiger partial charge in [-0.3, -0.25) is 4.98 Å². The zero-order valence-corrected chi connectivity index (χ0v) is 25.5. The van der Waals surface area contributed by atoms with E-state index < -0.39 is 21.2 Å². The van der Waals surface area contributed by atoms with Gasteiger partial charge in [-0.25, -0.2) is 12.7 Å². The molecule has 0 bridgehead atoms. The molecule has 41 heavy (non-hydrogen) atoms. The van der Waals surface area contributed by atoms with Crippen LogP contribution >= 0.6 is 11.6 Å². The molecule has 0 saturated carbocycles. The number of aromatic nitrogens is 1. The first-order chi connectivity index (χ1) is 19.7. The van der Waals surface area contributed by atoms with Crippen LogP contribution in [0.25, 0.3) is 10.9 Å². The number of nitrogens with zero attached hydrogens (tertiary/aromatic N) is 3. The third-order valence-electron chi connectivity index (χ3n) is 8.81. The molecule has 9 heteroatoms. The third-order valence-corrected chi connectivity index (χ3v) is 12.5. The molecule has 0 aliphatic carbocycles. The highest BCUT2D eigenvalue weighted by Gasteiger charge is 2.48. The Labute approximate surface area is 250 Å². The minimum atomic E-state index is -3.73. The van der Waals surface area contributed by atoms with Crippen molar-refractivity contribution in [3.63, 3.8) is 0 Å². The number of fused-ring (bicyclic) bond motifs is 3. The van der Waals surface area contributed by atoms with Gasteiger partial charge in [0.25, 0.3) is 0 Å². The van der Waals surface area contributed by atoms with Crippen molar-refractivity contribution in [1.82, 2.24) is 14.2 Å². The summed E-state index contributed by atoms with van der Waals surface area (Å²) in [6.07, 6.45) is 4.24. The summed E-state index contributed by atoms with van der Waals surface area (Å²) >= 11 is 5.26. The molecule has 1 fully saturated rings. The Kier molecular flexibility index (Phi) is 8.15. The topological polar surface area (TPSA) is 76.6 Å². The Morgan fingerprint density at radius 1 is 1.05 bits per heavy atom. The van der Waals surface area contributed by atoms with Gasteiger partial charge < -0.3 is 9.45 Å². The van der Waals surface area contributed by atoms with E-state index in [2.05, 4.69) is 22.0 Å². The summed E-state index contributed by atoms with van der Waals surface area (Å²) in [5.74, 6) is 0.718. The standard InChI is InChI=1S/C32H34ClN3O3S2/c1-35(41(38,39)28-20-25-6-2-4-8-30(25)34-21-28)22-26(24-10-12-27(33)13-11-24)14-17-36-18-15-32(16-19-36)23-40(37)31-9-5-3-7-29(31)32/h2-13,20-21,26H,14-19,22-23H2,1H3. The lowest BCUT2D eigenvalue weighted by atomic mass is 9.74. The number of piperidine rings is 1. The van der Waals surface area contributed by atoms with Crippen LogP contribution in [0, 0.1) is 0 Å². The van der Waals surface area contributed by atoms with Crippen LogP contribution in [0.4, 0.5) is 0 Å². The Morgan fingerprint density at radius 2 is 1.76 bits per heavy atom. The van der Waals surface area contributed by atoms with E-state index in [1.54, 1.807) is 13.1 Å². The number of halogens is 1. The van der Waals surface area contributed by atoms with E-state index in [1.807, 2.05) is 60.7 Å². The van der Waals surface area contributed by atoms with E-state index >= 15 is 0 Å².